The van der Waals surface area contributed by atoms with Gasteiger partial charge >= 0.3 is 13.3 Å². The smallest absolute Gasteiger partial charge is 0.346 e. The van der Waals surface area contributed by atoms with E-state index in [9.17, 15) is 56.7 Å². The second-order valence-electron chi connectivity index (χ2n) is 19.5. The molecule has 2 aromatic heterocycles. The molecule has 4 N–H and O–H groups in total. The van der Waals surface area contributed by atoms with Gasteiger partial charge in [0.25, 0.3) is 11.8 Å². The number of fused-ring (bicyclic) bond motifs is 2. The number of nitrogens with one attached hydrogen (secondary N) is 2. The number of unbranched alkanes of at least 4 members (excludes halogenated alkanes) is 1. The van der Waals surface area contributed by atoms with Crippen LogP contribution in [-0.4, -0.2) is 116 Å². The number of likely N-dealkylation sites (tertiary alicyclic amines) is 1. The number of hydrogen-bond acceptors (Lipinski definition) is 11. The Balaban J connectivity index is 0.929. The highest BCUT2D eigenvalue weighted by Gasteiger charge is 2.50. The number of rotatable bonds is 15. The van der Waals surface area contributed by atoms with Crippen LogP contribution in [0.5, 0.6) is 0 Å². The summed E-state index contributed by atoms with van der Waals surface area (Å²) in [6.45, 7) is 6.03. The zero-order valence-electron chi connectivity index (χ0n) is 40.9. The molecule has 3 unspecified atom stereocenters. The van der Waals surface area contributed by atoms with Crippen LogP contribution in [0.2, 0.25) is 0 Å². The highest BCUT2D eigenvalue weighted by molar-refractivity contribution is 7.52. The molecular formula is C52H54F2N7O10PS2. The van der Waals surface area contributed by atoms with E-state index in [-0.39, 0.29) is 66.9 Å². The number of alkyl halides is 2. The zero-order valence-corrected chi connectivity index (χ0v) is 43.5. The number of imide groups is 1. The third kappa shape index (κ3) is 11.3. The Bertz CT molecular complexity index is 3140. The molecule has 0 spiro atoms. The molecule has 5 heterocycles. The molecule has 3 aromatic carbocycles. The predicted octanol–water partition coefficient (Wildman–Crippen LogP) is 6.86. The average molecular weight is 1070 g/mol. The summed E-state index contributed by atoms with van der Waals surface area (Å²) in [5.41, 5.74) is -3.07. The van der Waals surface area contributed by atoms with Crippen LogP contribution < -0.4 is 15.5 Å². The monoisotopic (exact) mass is 1070 g/mol. The molecule has 388 valence electrons. The van der Waals surface area contributed by atoms with E-state index in [0.29, 0.717) is 53.7 Å². The number of benzene rings is 3. The molecule has 22 heteroatoms. The van der Waals surface area contributed by atoms with Gasteiger partial charge in [0.1, 0.15) is 23.1 Å². The second kappa shape index (κ2) is 21.6. The Morgan fingerprint density at radius 3 is 2.46 bits per heavy atom. The van der Waals surface area contributed by atoms with Crippen molar-refractivity contribution >= 4 is 87.4 Å². The lowest BCUT2D eigenvalue weighted by Crippen LogP contribution is -2.58. The van der Waals surface area contributed by atoms with Gasteiger partial charge in [-0.3, -0.25) is 43.4 Å². The van der Waals surface area contributed by atoms with E-state index < -0.39 is 66.0 Å². The first-order chi connectivity index (χ1) is 35.0. The van der Waals surface area contributed by atoms with Gasteiger partial charge in [-0.2, -0.15) is 8.78 Å². The van der Waals surface area contributed by atoms with Crippen LogP contribution in [-0.2, 0) is 40.7 Å². The normalized spacial score (nSPS) is 17.4. The molecule has 5 aromatic rings. The molecule has 74 heavy (non-hydrogen) atoms. The topological polar surface area (TPSA) is 227 Å². The summed E-state index contributed by atoms with van der Waals surface area (Å²) in [4.78, 5) is 124. The van der Waals surface area contributed by atoms with Crippen molar-refractivity contribution in [2.75, 3.05) is 31.6 Å². The molecule has 3 atom stereocenters. The second-order valence-corrected chi connectivity index (χ2v) is 23.1. The average Bonchev–Trinajstić information content (AvgIpc) is 4.20. The standard InChI is InChI=1S/C52H54F2N7O10PS2/c1-51(2,3)44(57-46(65)41-29-33-28-34(16-20-40(33)74-41)52(53,54)72(69,70)71)50(68)60-25-9-13-39(60)49(67)59(35-17-14-32(15-18-35)47-55-23-27-73-47)26-22-43(63)58(4)24-7-5-6-10-31-11-8-12-36-37(31)30-61(48(36)66)38-19-21-42(62)56-45(38)64/h8,11-12,14-18,20,23,27-29,38-39,44H,5,7,9,13,19,21-22,24-26,30H2,1-4H3,(H,57,65)(H,56,62,64)(H2,69,70,71). The molecule has 2 fully saturated rings. The van der Waals surface area contributed by atoms with Gasteiger partial charge in [0.2, 0.25) is 29.5 Å². The summed E-state index contributed by atoms with van der Waals surface area (Å²) in [6.07, 6.45) is 3.80. The maximum Gasteiger partial charge on any atom is 0.399 e. The van der Waals surface area contributed by atoms with Crippen molar-refractivity contribution in [3.8, 4) is 22.4 Å². The first-order valence-corrected chi connectivity index (χ1v) is 27.2. The highest BCUT2D eigenvalue weighted by atomic mass is 32.1. The van der Waals surface area contributed by atoms with E-state index in [1.807, 2.05) is 23.6 Å². The fourth-order valence-corrected chi connectivity index (χ4v) is 11.4. The van der Waals surface area contributed by atoms with Crippen molar-refractivity contribution in [2.24, 2.45) is 5.41 Å². The molecular weight excluding hydrogens is 1020 g/mol. The van der Waals surface area contributed by atoms with Crippen LogP contribution in [0.25, 0.3) is 20.7 Å². The number of piperidine rings is 1. The molecule has 0 bridgehead atoms. The number of hydrogen-bond donors (Lipinski definition) is 4. The minimum absolute atomic E-state index is 0.0161. The number of thiophene rings is 1. The van der Waals surface area contributed by atoms with E-state index >= 15 is 0 Å². The number of carbonyl (C=O) groups excluding carboxylic acids is 7. The van der Waals surface area contributed by atoms with E-state index in [1.54, 1.807) is 63.2 Å². The van der Waals surface area contributed by atoms with Gasteiger partial charge in [-0.25, -0.2) is 4.98 Å². The molecule has 3 aliphatic heterocycles. The van der Waals surface area contributed by atoms with E-state index in [2.05, 4.69) is 27.5 Å². The Labute approximate surface area is 433 Å². The Hall–Kier alpha value is -6.69. The summed E-state index contributed by atoms with van der Waals surface area (Å²) >= 11 is 2.41. The van der Waals surface area contributed by atoms with Crippen molar-refractivity contribution in [2.45, 2.75) is 96.1 Å². The van der Waals surface area contributed by atoms with E-state index in [0.717, 1.165) is 39.6 Å². The van der Waals surface area contributed by atoms with Gasteiger partial charge in [-0.05, 0) is 96.6 Å². The van der Waals surface area contributed by atoms with Gasteiger partial charge in [-0.15, -0.1) is 22.7 Å². The molecule has 8 rings (SSSR count). The first-order valence-electron chi connectivity index (χ1n) is 23.9. The molecule has 7 amide bonds. The molecule has 3 aliphatic rings. The summed E-state index contributed by atoms with van der Waals surface area (Å²) in [5, 5.41) is 7.91. The van der Waals surface area contributed by atoms with Crippen LogP contribution in [0.3, 0.4) is 0 Å². The number of carbonyl (C=O) groups is 7. The summed E-state index contributed by atoms with van der Waals surface area (Å²) in [7, 11) is -4.17. The van der Waals surface area contributed by atoms with Crippen molar-refractivity contribution in [3.05, 3.63) is 105 Å². The van der Waals surface area contributed by atoms with Gasteiger partial charge in [0.15, 0.2) is 0 Å². The number of thiazole rings is 1. The van der Waals surface area contributed by atoms with Crippen molar-refractivity contribution < 1.29 is 56.7 Å². The highest BCUT2D eigenvalue weighted by Crippen LogP contribution is 2.59. The Kier molecular flexibility index (Phi) is 15.7. The fourth-order valence-electron chi connectivity index (χ4n) is 9.30. The van der Waals surface area contributed by atoms with Gasteiger partial charge in [0, 0.05) is 96.7 Å². The summed E-state index contributed by atoms with van der Waals surface area (Å²) < 4.78 is 41.0. The van der Waals surface area contributed by atoms with Crippen LogP contribution in [0, 0.1) is 17.3 Å². The number of aromatic nitrogens is 1. The van der Waals surface area contributed by atoms with Crippen molar-refractivity contribution in [1.82, 2.24) is 30.3 Å². The lowest BCUT2D eigenvalue weighted by Gasteiger charge is -2.36. The molecule has 0 aliphatic carbocycles. The van der Waals surface area contributed by atoms with E-state index in [1.165, 1.54) is 38.2 Å². The fraction of sp³-hybridized carbons (Fsp3) is 0.385. The maximum absolute atomic E-state index is 14.8. The number of nitrogens with zero attached hydrogens (tertiary/aromatic N) is 5. The number of anilines is 1. The van der Waals surface area contributed by atoms with Crippen LogP contribution in [0.4, 0.5) is 14.5 Å². The zero-order chi connectivity index (χ0) is 53.3. The number of halogens is 2. The van der Waals surface area contributed by atoms with Gasteiger partial charge in [0.05, 0.1) is 4.88 Å². The summed E-state index contributed by atoms with van der Waals surface area (Å²) in [6, 6.07) is 14.0. The number of amides is 7. The Morgan fingerprint density at radius 2 is 1.77 bits per heavy atom. The summed E-state index contributed by atoms with van der Waals surface area (Å²) in [5.74, 6) is 3.33. The third-order valence-electron chi connectivity index (χ3n) is 13.4. The molecule has 0 saturated carbocycles. The SMILES string of the molecule is CN(CCCC#Cc1cccc2c1CN(C1CCC(=O)NC1=O)C2=O)C(=O)CCN(C(=O)C1CCCN1C(=O)C(NC(=O)c1cc2cc(C(F)(F)P(=O)(O)O)ccc2s1)C(C)(C)C)c1ccc(-c2nccs2)cc1. The van der Waals surface area contributed by atoms with Crippen LogP contribution in [0.1, 0.15) is 102 Å². The lowest BCUT2D eigenvalue weighted by molar-refractivity contribution is -0.141. The predicted molar refractivity (Wildman–Crippen MR) is 274 cm³/mol. The van der Waals surface area contributed by atoms with Crippen molar-refractivity contribution in [1.29, 1.82) is 0 Å². The minimum Gasteiger partial charge on any atom is -0.346 e. The molecule has 0 radical (unpaired) electrons. The van der Waals surface area contributed by atoms with Crippen molar-refractivity contribution in [3.63, 3.8) is 0 Å². The van der Waals surface area contributed by atoms with E-state index in [4.69, 9.17) is 0 Å². The Morgan fingerprint density at radius 1 is 1.01 bits per heavy atom. The van der Waals surface area contributed by atoms with Crippen LogP contribution in [0.15, 0.2) is 78.3 Å². The van der Waals surface area contributed by atoms with Crippen LogP contribution >= 0.6 is 30.3 Å². The van der Waals surface area contributed by atoms with Gasteiger partial charge in [-0.1, -0.05) is 44.7 Å². The third-order valence-corrected chi connectivity index (χ3v) is 16.3. The van der Waals surface area contributed by atoms with Gasteiger partial charge < -0.3 is 34.7 Å². The first kappa shape index (κ1) is 53.6. The largest absolute Gasteiger partial charge is 0.399 e. The maximum atomic E-state index is 14.8. The molecule has 17 nitrogen and oxygen atoms in total. The lowest BCUT2D eigenvalue weighted by atomic mass is 9.85. The molecule has 2 saturated heterocycles. The quantitative estimate of drug-likeness (QED) is 0.0367. The minimum atomic E-state index is -5.84.